The molecule has 4 N–H and O–H groups in total. The lowest BCUT2D eigenvalue weighted by molar-refractivity contribution is -0.139. The van der Waals surface area contributed by atoms with Gasteiger partial charge in [0.2, 0.25) is 0 Å². The number of hydrogen-bond donors (Lipinski definition) is 4. The molecule has 4 rings (SSSR count). The maximum Gasteiger partial charge on any atom is 0.349 e. The van der Waals surface area contributed by atoms with Crippen LogP contribution >= 0.6 is 27.3 Å². The fraction of sp³-hybridized carbons (Fsp3) is 0.296. The molecule has 1 amide bonds. The first kappa shape index (κ1) is 28.6. The number of ether oxygens (including phenoxy) is 1. The Morgan fingerprint density at radius 2 is 1.85 bits per heavy atom. The maximum absolute atomic E-state index is 13.8. The summed E-state index contributed by atoms with van der Waals surface area (Å²) in [6.45, 7) is 0.926. The Morgan fingerprint density at radius 3 is 2.49 bits per heavy atom. The molecule has 0 spiro atoms. The van der Waals surface area contributed by atoms with Gasteiger partial charge in [0.05, 0.1) is 22.1 Å². The Balaban J connectivity index is 1.66. The van der Waals surface area contributed by atoms with Crippen molar-refractivity contribution in [2.24, 2.45) is 5.92 Å². The third-order valence-corrected chi connectivity index (χ3v) is 8.51. The monoisotopic (exact) mass is 617 g/mol. The number of rotatable bonds is 11. The second-order valence-electron chi connectivity index (χ2n) is 8.83. The summed E-state index contributed by atoms with van der Waals surface area (Å²) < 4.78 is 5.63. The summed E-state index contributed by atoms with van der Waals surface area (Å²) in [5.74, 6) is -2.66. The standard InChI is InChI=1S/C27H28BrN3O7S/c1-37-31(19-8-3-2-4-9-19)26(34)22(16-10-12-29-13-11-16)30-18-7-5-6-17(14-18)24-21(28)23(38-15-20(32)33)25(39-24)27(35)36/h2-9,14,16,22,29-30H,10-13,15H2,1H3,(H,32,33)(H,35,36). The number of para-hydroxylation sites is 1. The van der Waals surface area contributed by atoms with Gasteiger partial charge in [0.25, 0.3) is 5.91 Å². The largest absolute Gasteiger partial charge is 0.479 e. The van der Waals surface area contributed by atoms with Crippen LogP contribution in [-0.2, 0) is 14.4 Å². The lowest BCUT2D eigenvalue weighted by atomic mass is 9.89. The van der Waals surface area contributed by atoms with Gasteiger partial charge >= 0.3 is 11.9 Å². The fourth-order valence-corrected chi connectivity index (χ4v) is 6.37. The molecule has 1 unspecified atom stereocenters. The molecule has 1 aromatic heterocycles. The molecule has 1 aliphatic rings. The van der Waals surface area contributed by atoms with Crippen LogP contribution in [0.3, 0.4) is 0 Å². The Bertz CT molecular complexity index is 1330. The second-order valence-corrected chi connectivity index (χ2v) is 10.6. The zero-order chi connectivity index (χ0) is 27.9. The minimum atomic E-state index is -1.22. The van der Waals surface area contributed by atoms with Crippen molar-refractivity contribution in [2.75, 3.05) is 37.2 Å². The van der Waals surface area contributed by atoms with E-state index in [0.717, 1.165) is 37.3 Å². The van der Waals surface area contributed by atoms with Crippen LogP contribution < -0.4 is 20.4 Å². The highest BCUT2D eigenvalue weighted by Crippen LogP contribution is 2.46. The fourth-order valence-electron chi connectivity index (χ4n) is 4.49. The molecule has 2 aromatic carbocycles. The van der Waals surface area contributed by atoms with Gasteiger partial charge in [0.1, 0.15) is 6.04 Å². The number of carbonyl (C=O) groups is 3. The van der Waals surface area contributed by atoms with Gasteiger partial charge < -0.3 is 25.6 Å². The average Bonchev–Trinajstić information content (AvgIpc) is 3.28. The van der Waals surface area contributed by atoms with Crippen LogP contribution in [0.5, 0.6) is 5.75 Å². The van der Waals surface area contributed by atoms with E-state index in [4.69, 9.17) is 14.7 Å². The van der Waals surface area contributed by atoms with Gasteiger partial charge in [-0.1, -0.05) is 30.3 Å². The van der Waals surface area contributed by atoms with Crippen molar-refractivity contribution in [1.29, 1.82) is 0 Å². The van der Waals surface area contributed by atoms with Crippen molar-refractivity contribution in [2.45, 2.75) is 18.9 Å². The molecule has 0 saturated carbocycles. The highest BCUT2D eigenvalue weighted by atomic mass is 79.9. The predicted molar refractivity (Wildman–Crippen MR) is 151 cm³/mol. The van der Waals surface area contributed by atoms with Gasteiger partial charge in [0.15, 0.2) is 17.2 Å². The number of hydroxylamine groups is 1. The first-order valence-electron chi connectivity index (χ1n) is 12.2. The van der Waals surface area contributed by atoms with Crippen LogP contribution in [0, 0.1) is 5.92 Å². The summed E-state index contributed by atoms with van der Waals surface area (Å²) in [5, 5.41) is 26.7. The lowest BCUT2D eigenvalue weighted by Gasteiger charge is -2.34. The third-order valence-electron chi connectivity index (χ3n) is 6.28. The summed E-state index contributed by atoms with van der Waals surface area (Å²) in [7, 11) is 1.46. The van der Waals surface area contributed by atoms with E-state index >= 15 is 0 Å². The molecular formula is C27H28BrN3O7S. The summed E-state index contributed by atoms with van der Waals surface area (Å²) in [5.41, 5.74) is 1.96. The number of carboxylic acid groups (broad SMARTS) is 2. The van der Waals surface area contributed by atoms with Crippen molar-refractivity contribution < 1.29 is 34.2 Å². The number of hydrogen-bond acceptors (Lipinski definition) is 8. The first-order valence-corrected chi connectivity index (χ1v) is 13.8. The molecule has 39 heavy (non-hydrogen) atoms. The van der Waals surface area contributed by atoms with Crippen LogP contribution in [0.2, 0.25) is 0 Å². The van der Waals surface area contributed by atoms with E-state index in [1.807, 2.05) is 30.3 Å². The molecule has 12 heteroatoms. The molecule has 1 aliphatic heterocycles. The van der Waals surface area contributed by atoms with E-state index in [1.54, 1.807) is 24.3 Å². The average molecular weight is 619 g/mol. The summed E-state index contributed by atoms with van der Waals surface area (Å²) in [6, 6.07) is 15.8. The molecule has 206 valence electrons. The normalized spacial score (nSPS) is 14.4. The van der Waals surface area contributed by atoms with Gasteiger partial charge in [0, 0.05) is 5.69 Å². The number of carboxylic acids is 2. The second kappa shape index (κ2) is 13.1. The number of amides is 1. The molecule has 0 bridgehead atoms. The highest BCUT2D eigenvalue weighted by molar-refractivity contribution is 9.10. The number of aromatic carboxylic acids is 1. The molecule has 0 radical (unpaired) electrons. The van der Waals surface area contributed by atoms with Crippen LogP contribution in [0.4, 0.5) is 11.4 Å². The van der Waals surface area contributed by atoms with Crippen molar-refractivity contribution in [3.63, 3.8) is 0 Å². The number of anilines is 2. The summed E-state index contributed by atoms with van der Waals surface area (Å²) in [6.07, 6.45) is 1.61. The Hall–Kier alpha value is -3.45. The summed E-state index contributed by atoms with van der Waals surface area (Å²) >= 11 is 4.37. The summed E-state index contributed by atoms with van der Waals surface area (Å²) in [4.78, 5) is 42.6. The van der Waals surface area contributed by atoms with Crippen LogP contribution in [-0.4, -0.2) is 60.9 Å². The highest BCUT2D eigenvalue weighted by Gasteiger charge is 2.34. The number of nitrogens with zero attached hydrogens (tertiary/aromatic N) is 1. The van der Waals surface area contributed by atoms with E-state index in [0.29, 0.717) is 26.3 Å². The molecule has 1 saturated heterocycles. The number of nitrogens with one attached hydrogen (secondary N) is 2. The molecule has 2 heterocycles. The molecule has 3 aromatic rings. The van der Waals surface area contributed by atoms with Gasteiger partial charge in [-0.05, 0) is 77.6 Å². The van der Waals surface area contributed by atoms with Crippen molar-refractivity contribution in [1.82, 2.24) is 5.32 Å². The topological polar surface area (TPSA) is 137 Å². The predicted octanol–water partition coefficient (Wildman–Crippen LogP) is 4.71. The van der Waals surface area contributed by atoms with Gasteiger partial charge in [-0.2, -0.15) is 5.06 Å². The van der Waals surface area contributed by atoms with E-state index in [9.17, 15) is 19.5 Å². The number of thiophene rings is 1. The van der Waals surface area contributed by atoms with E-state index in [2.05, 4.69) is 26.6 Å². The van der Waals surface area contributed by atoms with Gasteiger partial charge in [-0.25, -0.2) is 9.59 Å². The van der Waals surface area contributed by atoms with Crippen LogP contribution in [0.1, 0.15) is 22.5 Å². The Morgan fingerprint density at radius 1 is 1.13 bits per heavy atom. The smallest absolute Gasteiger partial charge is 0.349 e. The SMILES string of the molecule is CON(C(=O)C(Nc1cccc(-c2sc(C(=O)O)c(OCC(=O)O)c2Br)c1)C1CCNCC1)c1ccccc1. The van der Waals surface area contributed by atoms with E-state index in [1.165, 1.54) is 12.2 Å². The first-order chi connectivity index (χ1) is 18.8. The quantitative estimate of drug-likeness (QED) is 0.225. The number of carbonyl (C=O) groups excluding carboxylic acids is 1. The minimum absolute atomic E-state index is 0.0374. The van der Waals surface area contributed by atoms with Crippen LogP contribution in [0.25, 0.3) is 10.4 Å². The molecule has 1 fully saturated rings. The molecular weight excluding hydrogens is 590 g/mol. The van der Waals surface area contributed by atoms with Crippen molar-refractivity contribution in [3.8, 4) is 16.2 Å². The number of aliphatic carboxylic acids is 1. The zero-order valence-corrected chi connectivity index (χ0v) is 23.5. The van der Waals surface area contributed by atoms with E-state index < -0.39 is 24.6 Å². The molecule has 0 aliphatic carbocycles. The Kier molecular flexibility index (Phi) is 9.57. The van der Waals surface area contributed by atoms with E-state index in [-0.39, 0.29) is 22.5 Å². The molecule has 10 nitrogen and oxygen atoms in total. The number of benzene rings is 2. The van der Waals surface area contributed by atoms with Gasteiger partial charge in [-0.3, -0.25) is 9.63 Å². The molecule has 1 atom stereocenters. The maximum atomic E-state index is 13.8. The van der Waals surface area contributed by atoms with Crippen molar-refractivity contribution >= 4 is 56.5 Å². The zero-order valence-electron chi connectivity index (χ0n) is 21.1. The van der Waals surface area contributed by atoms with Gasteiger partial charge in [-0.15, -0.1) is 11.3 Å². The number of halogens is 1. The Labute approximate surface area is 237 Å². The number of piperidine rings is 1. The lowest BCUT2D eigenvalue weighted by Crippen LogP contribution is -2.49. The van der Waals surface area contributed by atoms with Crippen LogP contribution in [0.15, 0.2) is 59.1 Å². The third kappa shape index (κ3) is 6.77. The minimum Gasteiger partial charge on any atom is -0.479 e. The van der Waals surface area contributed by atoms with Crippen molar-refractivity contribution in [3.05, 3.63) is 63.9 Å².